The molecule has 0 aliphatic heterocycles. The summed E-state index contributed by atoms with van der Waals surface area (Å²) in [6.07, 6.45) is 0.662. The Kier molecular flexibility index (Phi) is 3.32. The van der Waals surface area contributed by atoms with Gasteiger partial charge in [-0.25, -0.2) is 0 Å². The second-order valence-electron chi connectivity index (χ2n) is 4.76. The molecule has 2 rings (SSSR count). The first-order valence-corrected chi connectivity index (χ1v) is 6.02. The van der Waals surface area contributed by atoms with Gasteiger partial charge in [-0.3, -0.25) is 9.59 Å². The predicted molar refractivity (Wildman–Crippen MR) is 68.5 cm³/mol. The van der Waals surface area contributed by atoms with E-state index in [0.717, 1.165) is 11.1 Å². The van der Waals surface area contributed by atoms with Crippen LogP contribution in [0.2, 0.25) is 0 Å². The van der Waals surface area contributed by atoms with Crippen molar-refractivity contribution < 1.29 is 14.7 Å². The van der Waals surface area contributed by atoms with Gasteiger partial charge in [0.2, 0.25) is 0 Å². The highest BCUT2D eigenvalue weighted by Crippen LogP contribution is 2.35. The highest BCUT2D eigenvalue weighted by Gasteiger charge is 2.31. The monoisotopic (exact) mass is 244 g/mol. The van der Waals surface area contributed by atoms with Crippen LogP contribution in [0, 0.1) is 6.92 Å². The van der Waals surface area contributed by atoms with Gasteiger partial charge >= 0.3 is 0 Å². The van der Waals surface area contributed by atoms with E-state index in [4.69, 9.17) is 0 Å². The number of rotatable bonds is 2. The largest absolute Gasteiger partial charge is 0.511 e. The van der Waals surface area contributed by atoms with Crippen molar-refractivity contribution in [3.8, 4) is 0 Å². The summed E-state index contributed by atoms with van der Waals surface area (Å²) in [5.74, 6) is -0.686. The summed E-state index contributed by atoms with van der Waals surface area (Å²) in [5, 5.41) is 9.87. The number of hydrogen-bond donors (Lipinski definition) is 1. The van der Waals surface area contributed by atoms with Gasteiger partial charge in [0.25, 0.3) is 0 Å². The molecule has 0 saturated heterocycles. The SMILES string of the molecule is CC(=O)C1=C(O)CC(c2ccccc2C)CC1=O. The van der Waals surface area contributed by atoms with Crippen LogP contribution in [0.15, 0.2) is 35.6 Å². The van der Waals surface area contributed by atoms with Crippen LogP contribution in [0.3, 0.4) is 0 Å². The van der Waals surface area contributed by atoms with Crippen LogP contribution >= 0.6 is 0 Å². The third-order valence-corrected chi connectivity index (χ3v) is 3.42. The lowest BCUT2D eigenvalue weighted by Crippen LogP contribution is -2.22. The van der Waals surface area contributed by atoms with Crippen molar-refractivity contribution in [2.45, 2.75) is 32.6 Å². The van der Waals surface area contributed by atoms with Crippen LogP contribution in [-0.2, 0) is 9.59 Å². The maximum atomic E-state index is 11.9. The number of benzene rings is 1. The molecule has 1 atom stereocenters. The molecular weight excluding hydrogens is 228 g/mol. The molecule has 0 heterocycles. The molecule has 1 aromatic rings. The number of carbonyl (C=O) groups is 2. The average molecular weight is 244 g/mol. The predicted octanol–water partition coefficient (Wildman–Crippen LogP) is 2.84. The van der Waals surface area contributed by atoms with Crippen LogP contribution in [0.1, 0.15) is 36.8 Å². The first-order chi connectivity index (χ1) is 8.50. The van der Waals surface area contributed by atoms with E-state index in [0.29, 0.717) is 12.8 Å². The molecule has 94 valence electrons. The molecule has 18 heavy (non-hydrogen) atoms. The van der Waals surface area contributed by atoms with Gasteiger partial charge in [0.1, 0.15) is 5.76 Å². The number of carbonyl (C=O) groups excluding carboxylic acids is 2. The molecule has 0 spiro atoms. The summed E-state index contributed by atoms with van der Waals surface area (Å²) in [6.45, 7) is 3.30. The molecule has 1 aromatic carbocycles. The summed E-state index contributed by atoms with van der Waals surface area (Å²) >= 11 is 0. The minimum Gasteiger partial charge on any atom is -0.511 e. The number of aliphatic hydroxyl groups is 1. The standard InChI is InChI=1S/C15H16O3/c1-9-5-3-4-6-12(9)11-7-13(17)15(10(2)16)14(18)8-11/h3-6,11,17H,7-8H2,1-2H3. The zero-order chi connectivity index (χ0) is 13.3. The van der Waals surface area contributed by atoms with E-state index < -0.39 is 0 Å². The number of ketones is 2. The molecule has 0 amide bonds. The molecule has 3 heteroatoms. The fourth-order valence-corrected chi connectivity index (χ4v) is 2.56. The third kappa shape index (κ3) is 2.21. The Hall–Kier alpha value is -1.90. The molecule has 0 fully saturated rings. The normalized spacial score (nSPS) is 20.1. The van der Waals surface area contributed by atoms with E-state index in [-0.39, 0.29) is 28.8 Å². The molecule has 1 aliphatic rings. The van der Waals surface area contributed by atoms with Gasteiger partial charge in [-0.05, 0) is 30.9 Å². The van der Waals surface area contributed by atoms with E-state index in [2.05, 4.69) is 0 Å². The van der Waals surface area contributed by atoms with Crippen LogP contribution in [0.4, 0.5) is 0 Å². The van der Waals surface area contributed by atoms with Gasteiger partial charge in [-0.2, -0.15) is 0 Å². The second-order valence-corrected chi connectivity index (χ2v) is 4.76. The van der Waals surface area contributed by atoms with Crippen molar-refractivity contribution in [3.05, 3.63) is 46.7 Å². The first kappa shape index (κ1) is 12.6. The summed E-state index contributed by atoms with van der Waals surface area (Å²) in [7, 11) is 0. The topological polar surface area (TPSA) is 54.4 Å². The van der Waals surface area contributed by atoms with E-state index >= 15 is 0 Å². The van der Waals surface area contributed by atoms with Crippen LogP contribution in [0.5, 0.6) is 0 Å². The quantitative estimate of drug-likeness (QED) is 0.814. The van der Waals surface area contributed by atoms with E-state index in [1.807, 2.05) is 31.2 Å². The Morgan fingerprint density at radius 3 is 2.50 bits per heavy atom. The Labute approximate surface area is 106 Å². The number of aliphatic hydroxyl groups excluding tert-OH is 1. The lowest BCUT2D eigenvalue weighted by atomic mass is 9.80. The molecule has 1 N–H and O–H groups in total. The smallest absolute Gasteiger partial charge is 0.170 e. The Bertz CT molecular complexity index is 540. The fraction of sp³-hybridized carbons (Fsp3) is 0.333. The van der Waals surface area contributed by atoms with E-state index in [1.54, 1.807) is 0 Å². The van der Waals surface area contributed by atoms with Crippen molar-refractivity contribution in [1.82, 2.24) is 0 Å². The van der Waals surface area contributed by atoms with Gasteiger partial charge in [-0.1, -0.05) is 24.3 Å². The highest BCUT2D eigenvalue weighted by atomic mass is 16.3. The first-order valence-electron chi connectivity index (χ1n) is 6.02. The summed E-state index contributed by atoms with van der Waals surface area (Å²) in [4.78, 5) is 23.2. The number of allylic oxidation sites excluding steroid dienone is 2. The molecule has 1 unspecified atom stereocenters. The van der Waals surface area contributed by atoms with Crippen LogP contribution in [0.25, 0.3) is 0 Å². The number of aryl methyl sites for hydroxylation is 1. The minimum absolute atomic E-state index is 0.0140. The van der Waals surface area contributed by atoms with Gasteiger partial charge in [-0.15, -0.1) is 0 Å². The molecule has 0 saturated carbocycles. The summed E-state index contributed by atoms with van der Waals surface area (Å²) in [6, 6.07) is 7.83. The van der Waals surface area contributed by atoms with Gasteiger partial charge in [0.05, 0.1) is 5.57 Å². The Morgan fingerprint density at radius 1 is 1.28 bits per heavy atom. The Balaban J connectivity index is 2.35. The van der Waals surface area contributed by atoms with Gasteiger partial charge < -0.3 is 5.11 Å². The molecule has 1 aliphatic carbocycles. The molecule has 0 bridgehead atoms. The van der Waals surface area contributed by atoms with Crippen molar-refractivity contribution >= 4 is 11.6 Å². The third-order valence-electron chi connectivity index (χ3n) is 3.42. The van der Waals surface area contributed by atoms with Gasteiger partial charge in [0.15, 0.2) is 11.6 Å². The van der Waals surface area contributed by atoms with E-state index in [1.165, 1.54) is 6.92 Å². The van der Waals surface area contributed by atoms with Crippen molar-refractivity contribution in [2.24, 2.45) is 0 Å². The van der Waals surface area contributed by atoms with Crippen LogP contribution in [-0.4, -0.2) is 16.7 Å². The molecule has 0 aromatic heterocycles. The van der Waals surface area contributed by atoms with Gasteiger partial charge in [0, 0.05) is 12.8 Å². The molecule has 3 nitrogen and oxygen atoms in total. The maximum absolute atomic E-state index is 11.9. The van der Waals surface area contributed by atoms with Crippen molar-refractivity contribution in [2.75, 3.05) is 0 Å². The van der Waals surface area contributed by atoms with Crippen molar-refractivity contribution in [1.29, 1.82) is 0 Å². The zero-order valence-corrected chi connectivity index (χ0v) is 10.6. The lowest BCUT2D eigenvalue weighted by molar-refractivity contribution is -0.121. The number of hydrogen-bond acceptors (Lipinski definition) is 3. The Morgan fingerprint density at radius 2 is 1.94 bits per heavy atom. The average Bonchev–Trinajstić information content (AvgIpc) is 2.27. The lowest BCUT2D eigenvalue weighted by Gasteiger charge is -2.24. The summed E-state index contributed by atoms with van der Waals surface area (Å²) in [5.41, 5.74) is 2.16. The summed E-state index contributed by atoms with van der Waals surface area (Å²) < 4.78 is 0. The minimum atomic E-state index is -0.347. The maximum Gasteiger partial charge on any atom is 0.170 e. The molecular formula is C15H16O3. The second kappa shape index (κ2) is 4.77. The molecule has 0 radical (unpaired) electrons. The number of Topliss-reactive ketones (excluding diaryl/α,β-unsaturated/α-hetero) is 2. The van der Waals surface area contributed by atoms with E-state index in [9.17, 15) is 14.7 Å². The zero-order valence-electron chi connectivity index (χ0n) is 10.6. The van der Waals surface area contributed by atoms with Crippen LogP contribution < -0.4 is 0 Å². The highest BCUT2D eigenvalue weighted by molar-refractivity contribution is 6.20. The van der Waals surface area contributed by atoms with Crippen molar-refractivity contribution in [3.63, 3.8) is 0 Å². The fourth-order valence-electron chi connectivity index (χ4n) is 2.56.